The molecule has 1 saturated heterocycles. The van der Waals surface area contributed by atoms with E-state index >= 15 is 0 Å². The predicted molar refractivity (Wildman–Crippen MR) is 83.2 cm³/mol. The maximum atomic E-state index is 6.00. The van der Waals surface area contributed by atoms with Crippen molar-refractivity contribution in [1.82, 2.24) is 10.2 Å². The number of likely N-dealkylation sites (N-methyl/N-ethyl adjacent to an activating group) is 2. The molecule has 0 amide bonds. The highest BCUT2D eigenvalue weighted by Crippen LogP contribution is 2.37. The van der Waals surface area contributed by atoms with Crippen molar-refractivity contribution in [2.45, 2.75) is 19.1 Å². The van der Waals surface area contributed by atoms with Crippen molar-refractivity contribution < 1.29 is 14.2 Å². The molecule has 1 aliphatic rings. The Kier molecular flexibility index (Phi) is 5.85. The molecule has 0 saturated carbocycles. The lowest BCUT2D eigenvalue weighted by Crippen LogP contribution is -2.46. The number of rotatable bonds is 6. The molecule has 1 fully saturated rings. The largest absolute Gasteiger partial charge is 0.496 e. The number of nitrogens with one attached hydrogen (secondary N) is 1. The van der Waals surface area contributed by atoms with Gasteiger partial charge in [0.05, 0.1) is 38.5 Å². The Bertz CT molecular complexity index is 431. The Hall–Kier alpha value is -1.30. The summed E-state index contributed by atoms with van der Waals surface area (Å²) >= 11 is 0. The third-order valence-corrected chi connectivity index (χ3v) is 3.87. The fourth-order valence-corrected chi connectivity index (χ4v) is 2.84. The second-order valence-electron chi connectivity index (χ2n) is 5.28. The van der Waals surface area contributed by atoms with Gasteiger partial charge in [0.1, 0.15) is 11.5 Å². The average molecular weight is 294 g/mol. The minimum atomic E-state index is 0.0452. The molecule has 0 spiro atoms. The van der Waals surface area contributed by atoms with Crippen molar-refractivity contribution in [3.05, 3.63) is 23.8 Å². The molecular weight excluding hydrogens is 268 g/mol. The van der Waals surface area contributed by atoms with Gasteiger partial charge in [0.25, 0.3) is 0 Å². The molecular formula is C16H26N2O3. The maximum Gasteiger partial charge on any atom is 0.127 e. The normalized spacial score (nSPS) is 21.0. The van der Waals surface area contributed by atoms with Gasteiger partial charge in [-0.05, 0) is 25.7 Å². The van der Waals surface area contributed by atoms with Crippen molar-refractivity contribution >= 4 is 0 Å². The number of benzene rings is 1. The lowest BCUT2D eigenvalue weighted by atomic mass is 9.97. The van der Waals surface area contributed by atoms with Gasteiger partial charge in [0.15, 0.2) is 0 Å². The highest BCUT2D eigenvalue weighted by Gasteiger charge is 2.31. The van der Waals surface area contributed by atoms with Crippen LogP contribution in [0, 0.1) is 0 Å². The van der Waals surface area contributed by atoms with Crippen LogP contribution in [0.15, 0.2) is 18.2 Å². The molecule has 0 aromatic heterocycles. The van der Waals surface area contributed by atoms with E-state index in [0.717, 1.165) is 43.3 Å². The number of hydrogen-bond donors (Lipinski definition) is 1. The first-order valence-corrected chi connectivity index (χ1v) is 7.45. The zero-order valence-electron chi connectivity index (χ0n) is 13.4. The zero-order chi connectivity index (χ0) is 15.2. The molecule has 5 heteroatoms. The van der Waals surface area contributed by atoms with Crippen LogP contribution in [0.2, 0.25) is 0 Å². The highest BCUT2D eigenvalue weighted by molar-refractivity contribution is 5.47. The Morgan fingerprint density at radius 1 is 1.33 bits per heavy atom. The maximum absolute atomic E-state index is 6.00. The summed E-state index contributed by atoms with van der Waals surface area (Å²) < 4.78 is 17.1. The molecule has 1 aliphatic heterocycles. The minimum absolute atomic E-state index is 0.0452. The van der Waals surface area contributed by atoms with Gasteiger partial charge < -0.3 is 24.4 Å². The van der Waals surface area contributed by atoms with Gasteiger partial charge in [0.2, 0.25) is 0 Å². The molecule has 1 aromatic carbocycles. The summed E-state index contributed by atoms with van der Waals surface area (Å²) in [6, 6.07) is 5.92. The van der Waals surface area contributed by atoms with Crippen LogP contribution in [0.1, 0.15) is 18.5 Å². The smallest absolute Gasteiger partial charge is 0.127 e. The summed E-state index contributed by atoms with van der Waals surface area (Å²) in [5.41, 5.74) is 1.03. The summed E-state index contributed by atoms with van der Waals surface area (Å²) in [5.74, 6) is 1.66. The molecule has 2 unspecified atom stereocenters. The summed E-state index contributed by atoms with van der Waals surface area (Å²) in [6.45, 7) is 5.56. The lowest BCUT2D eigenvalue weighted by molar-refractivity contribution is -0.0396. The van der Waals surface area contributed by atoms with E-state index in [4.69, 9.17) is 14.2 Å². The second-order valence-corrected chi connectivity index (χ2v) is 5.28. The van der Waals surface area contributed by atoms with E-state index in [-0.39, 0.29) is 12.1 Å². The van der Waals surface area contributed by atoms with Crippen molar-refractivity contribution in [1.29, 1.82) is 0 Å². The molecule has 5 nitrogen and oxygen atoms in total. The van der Waals surface area contributed by atoms with Gasteiger partial charge in [-0.1, -0.05) is 13.0 Å². The molecule has 2 atom stereocenters. The quantitative estimate of drug-likeness (QED) is 0.865. The SMILES string of the molecule is CCNC(c1c(OC)cccc1OC)C1CN(C)CCO1. The van der Waals surface area contributed by atoms with Crippen molar-refractivity contribution in [3.8, 4) is 11.5 Å². The van der Waals surface area contributed by atoms with E-state index in [9.17, 15) is 0 Å². The first kappa shape index (κ1) is 16.1. The van der Waals surface area contributed by atoms with Crippen LogP contribution in [0.4, 0.5) is 0 Å². The van der Waals surface area contributed by atoms with Crippen molar-refractivity contribution in [3.63, 3.8) is 0 Å². The predicted octanol–water partition coefficient (Wildman–Crippen LogP) is 1.68. The molecule has 1 N–H and O–H groups in total. The Balaban J connectivity index is 2.37. The van der Waals surface area contributed by atoms with Crippen molar-refractivity contribution in [2.24, 2.45) is 0 Å². The van der Waals surface area contributed by atoms with Gasteiger partial charge >= 0.3 is 0 Å². The monoisotopic (exact) mass is 294 g/mol. The molecule has 2 rings (SSSR count). The second kappa shape index (κ2) is 7.64. The molecule has 1 heterocycles. The van der Waals surface area contributed by atoms with E-state index in [0.29, 0.717) is 0 Å². The Labute approximate surface area is 127 Å². The van der Waals surface area contributed by atoms with Gasteiger partial charge in [-0.3, -0.25) is 0 Å². The first-order valence-electron chi connectivity index (χ1n) is 7.45. The minimum Gasteiger partial charge on any atom is -0.496 e. The summed E-state index contributed by atoms with van der Waals surface area (Å²) in [6.07, 6.45) is 0.0777. The first-order chi connectivity index (χ1) is 10.2. The molecule has 21 heavy (non-hydrogen) atoms. The molecule has 1 aromatic rings. The van der Waals surface area contributed by atoms with E-state index in [2.05, 4.69) is 24.2 Å². The van der Waals surface area contributed by atoms with Crippen LogP contribution < -0.4 is 14.8 Å². The number of nitrogens with zero attached hydrogens (tertiary/aromatic N) is 1. The standard InChI is InChI=1S/C16H26N2O3/c1-5-17-16(14-11-18(2)9-10-21-14)15-12(19-3)7-6-8-13(15)20-4/h6-8,14,16-17H,5,9-11H2,1-4H3. The van der Waals surface area contributed by atoms with Gasteiger partial charge in [-0.25, -0.2) is 0 Å². The molecule has 118 valence electrons. The highest BCUT2D eigenvalue weighted by atomic mass is 16.5. The van der Waals surface area contributed by atoms with Crippen LogP contribution in [-0.4, -0.2) is 58.5 Å². The van der Waals surface area contributed by atoms with E-state index in [1.807, 2.05) is 18.2 Å². The number of ether oxygens (including phenoxy) is 3. The topological polar surface area (TPSA) is 43.0 Å². The van der Waals surface area contributed by atoms with E-state index in [1.54, 1.807) is 14.2 Å². The van der Waals surface area contributed by atoms with Crippen LogP contribution in [0.3, 0.4) is 0 Å². The fraction of sp³-hybridized carbons (Fsp3) is 0.625. The molecule has 0 bridgehead atoms. The summed E-state index contributed by atoms with van der Waals surface area (Å²) in [5, 5.41) is 3.53. The summed E-state index contributed by atoms with van der Waals surface area (Å²) in [7, 11) is 5.50. The molecule has 0 radical (unpaired) electrons. The Morgan fingerprint density at radius 2 is 2.00 bits per heavy atom. The third kappa shape index (κ3) is 3.67. The Morgan fingerprint density at radius 3 is 2.52 bits per heavy atom. The van der Waals surface area contributed by atoms with Gasteiger partial charge in [-0.2, -0.15) is 0 Å². The van der Waals surface area contributed by atoms with Crippen LogP contribution in [-0.2, 0) is 4.74 Å². The summed E-state index contributed by atoms with van der Waals surface area (Å²) in [4.78, 5) is 2.29. The van der Waals surface area contributed by atoms with Crippen molar-refractivity contribution in [2.75, 3.05) is 47.5 Å². The van der Waals surface area contributed by atoms with Crippen LogP contribution in [0.25, 0.3) is 0 Å². The van der Waals surface area contributed by atoms with Crippen LogP contribution in [0.5, 0.6) is 11.5 Å². The third-order valence-electron chi connectivity index (χ3n) is 3.87. The number of methoxy groups -OCH3 is 2. The van der Waals surface area contributed by atoms with E-state index < -0.39 is 0 Å². The average Bonchev–Trinajstić information content (AvgIpc) is 2.52. The van der Waals surface area contributed by atoms with Crippen LogP contribution >= 0.6 is 0 Å². The van der Waals surface area contributed by atoms with E-state index in [1.165, 1.54) is 0 Å². The molecule has 0 aliphatic carbocycles. The lowest BCUT2D eigenvalue weighted by Gasteiger charge is -2.36. The zero-order valence-corrected chi connectivity index (χ0v) is 13.4. The number of morpholine rings is 1. The van der Waals surface area contributed by atoms with Gasteiger partial charge in [-0.15, -0.1) is 0 Å². The van der Waals surface area contributed by atoms with Gasteiger partial charge in [0, 0.05) is 13.1 Å². The number of hydrogen-bond acceptors (Lipinski definition) is 5. The fourth-order valence-electron chi connectivity index (χ4n) is 2.84.